The van der Waals surface area contributed by atoms with Crippen LogP contribution >= 0.6 is 11.8 Å². The Balaban J connectivity index is 1.68. The summed E-state index contributed by atoms with van der Waals surface area (Å²) in [4.78, 5) is 30.3. The van der Waals surface area contributed by atoms with E-state index in [9.17, 15) is 14.0 Å². The molecule has 142 valence electrons. The molecule has 0 spiro atoms. The van der Waals surface area contributed by atoms with Gasteiger partial charge in [0.05, 0.1) is 5.52 Å². The molecule has 0 aliphatic carbocycles. The lowest BCUT2D eigenvalue weighted by molar-refractivity contribution is -0.116. The molecule has 1 aromatic carbocycles. The van der Waals surface area contributed by atoms with Gasteiger partial charge in [0.25, 0.3) is 5.56 Å². The van der Waals surface area contributed by atoms with Gasteiger partial charge >= 0.3 is 0 Å². The van der Waals surface area contributed by atoms with Crippen molar-refractivity contribution in [3.8, 4) is 0 Å². The van der Waals surface area contributed by atoms with Crippen LogP contribution in [0, 0.1) is 12.7 Å². The van der Waals surface area contributed by atoms with Gasteiger partial charge in [-0.15, -0.1) is 0 Å². The van der Waals surface area contributed by atoms with Gasteiger partial charge < -0.3 is 9.88 Å². The number of fused-ring (bicyclic) bond motifs is 4. The number of anilines is 1. The lowest BCUT2D eigenvalue weighted by Gasteiger charge is -2.08. The molecule has 0 unspecified atom stereocenters. The number of nitrogens with zero attached hydrogens (tertiary/aromatic N) is 4. The maximum Gasteiger partial charge on any atom is 0.278 e. The zero-order chi connectivity index (χ0) is 19.4. The minimum atomic E-state index is -0.418. The van der Waals surface area contributed by atoms with Crippen molar-refractivity contribution in [2.75, 3.05) is 11.1 Å². The highest BCUT2D eigenvalue weighted by molar-refractivity contribution is 7.99. The van der Waals surface area contributed by atoms with Crippen molar-refractivity contribution in [2.24, 2.45) is 0 Å². The van der Waals surface area contributed by atoms with Crippen molar-refractivity contribution >= 4 is 45.4 Å². The zero-order valence-electron chi connectivity index (χ0n) is 14.8. The number of nitrogens with one attached hydrogen (secondary N) is 2. The highest BCUT2D eigenvalue weighted by Gasteiger charge is 2.23. The summed E-state index contributed by atoms with van der Waals surface area (Å²) in [5.74, 6) is 0.411. The number of amides is 1. The van der Waals surface area contributed by atoms with Crippen LogP contribution in [0.5, 0.6) is 0 Å². The van der Waals surface area contributed by atoms with Crippen LogP contribution < -0.4 is 10.9 Å². The van der Waals surface area contributed by atoms with Crippen LogP contribution in [0.2, 0.25) is 0 Å². The number of hydrogen-bond acceptors (Lipinski definition) is 5. The molecule has 4 heterocycles. The van der Waals surface area contributed by atoms with Gasteiger partial charge in [0, 0.05) is 29.4 Å². The Labute approximate surface area is 161 Å². The molecule has 1 aliphatic rings. The Hall–Kier alpha value is -3.14. The molecule has 0 fully saturated rings. The summed E-state index contributed by atoms with van der Waals surface area (Å²) in [6.07, 6.45) is 0. The number of benzene rings is 1. The van der Waals surface area contributed by atoms with E-state index in [4.69, 9.17) is 0 Å². The van der Waals surface area contributed by atoms with Crippen molar-refractivity contribution in [1.29, 1.82) is 0 Å². The first-order valence-electron chi connectivity index (χ1n) is 8.68. The number of hydrogen-bond donors (Lipinski definition) is 2. The second-order valence-electron chi connectivity index (χ2n) is 6.63. The van der Waals surface area contributed by atoms with Crippen molar-refractivity contribution < 1.29 is 9.18 Å². The molecule has 1 amide bonds. The fourth-order valence-electron chi connectivity index (χ4n) is 3.52. The molecule has 0 saturated heterocycles. The van der Waals surface area contributed by atoms with Crippen molar-refractivity contribution in [1.82, 2.24) is 24.3 Å². The van der Waals surface area contributed by atoms with E-state index in [1.165, 1.54) is 23.9 Å². The Bertz CT molecular complexity index is 1320. The van der Waals surface area contributed by atoms with Crippen LogP contribution in [-0.2, 0) is 17.9 Å². The normalized spacial score (nSPS) is 13.4. The molecular weight excluding hydrogens is 383 g/mol. The lowest BCUT2D eigenvalue weighted by Crippen LogP contribution is -2.25. The molecule has 8 nitrogen and oxygen atoms in total. The third-order valence-electron chi connectivity index (χ3n) is 4.71. The third kappa shape index (κ3) is 2.60. The number of halogens is 1. The van der Waals surface area contributed by atoms with Crippen LogP contribution in [0.1, 0.15) is 5.69 Å². The average Bonchev–Trinajstić information content (AvgIpc) is 3.35. The summed E-state index contributed by atoms with van der Waals surface area (Å²) >= 11 is 1.49. The van der Waals surface area contributed by atoms with E-state index in [0.29, 0.717) is 39.5 Å². The second-order valence-corrected chi connectivity index (χ2v) is 7.69. The van der Waals surface area contributed by atoms with Crippen LogP contribution in [0.15, 0.2) is 34.2 Å². The molecule has 0 bridgehead atoms. The molecule has 0 saturated carbocycles. The molecule has 28 heavy (non-hydrogen) atoms. The Morgan fingerprint density at radius 1 is 1.39 bits per heavy atom. The number of aryl methyl sites for hydroxylation is 1. The van der Waals surface area contributed by atoms with Gasteiger partial charge in [0.15, 0.2) is 11.0 Å². The van der Waals surface area contributed by atoms with Gasteiger partial charge in [-0.25, -0.2) is 9.37 Å². The average molecular weight is 398 g/mol. The van der Waals surface area contributed by atoms with Gasteiger partial charge in [-0.05, 0) is 25.1 Å². The summed E-state index contributed by atoms with van der Waals surface area (Å²) in [6.45, 7) is 2.28. The zero-order valence-corrected chi connectivity index (χ0v) is 15.6. The van der Waals surface area contributed by atoms with Crippen molar-refractivity contribution in [3.63, 3.8) is 0 Å². The first kappa shape index (κ1) is 17.0. The molecule has 0 atom stereocenters. The maximum absolute atomic E-state index is 13.9. The van der Waals surface area contributed by atoms with E-state index in [2.05, 4.69) is 20.5 Å². The number of aromatic amines is 1. The summed E-state index contributed by atoms with van der Waals surface area (Å²) < 4.78 is 17.1. The molecule has 10 heteroatoms. The largest absolute Gasteiger partial charge is 0.325 e. The van der Waals surface area contributed by atoms with Crippen LogP contribution in [0.3, 0.4) is 0 Å². The number of rotatable bonds is 3. The summed E-state index contributed by atoms with van der Waals surface area (Å²) in [5, 5.41) is 10.6. The smallest absolute Gasteiger partial charge is 0.278 e. The number of carbonyl (C=O) groups is 1. The van der Waals surface area contributed by atoms with Crippen molar-refractivity contribution in [3.05, 3.63) is 46.1 Å². The minimum Gasteiger partial charge on any atom is -0.325 e. The molecular formula is C18H15FN6O2S. The Morgan fingerprint density at radius 3 is 3.04 bits per heavy atom. The number of aromatic nitrogens is 5. The summed E-state index contributed by atoms with van der Waals surface area (Å²) in [7, 11) is 0. The standard InChI is InChI=1S/C18H15FN6O2S/c1-9-6-13(23-22-9)20-14(26)8-25-12-3-2-10(19)7-11(12)15-16(25)17(27)24-4-5-28-18(24)21-15/h2-3,6-7H,4-5,8H2,1H3,(H2,20,22,23,26). The molecule has 0 radical (unpaired) electrons. The first-order chi connectivity index (χ1) is 13.5. The van der Waals surface area contributed by atoms with E-state index in [-0.39, 0.29) is 18.0 Å². The van der Waals surface area contributed by atoms with Gasteiger partial charge in [-0.2, -0.15) is 5.10 Å². The van der Waals surface area contributed by atoms with Crippen LogP contribution in [0.4, 0.5) is 10.2 Å². The van der Waals surface area contributed by atoms with E-state index in [0.717, 1.165) is 11.4 Å². The fourth-order valence-corrected chi connectivity index (χ4v) is 4.46. The molecule has 4 aromatic rings. The highest BCUT2D eigenvalue weighted by atomic mass is 32.2. The molecule has 3 aromatic heterocycles. The SMILES string of the molecule is Cc1cc(NC(=O)Cn2c3ccc(F)cc3c3nc4n(c(=O)c32)CCS4)n[nH]1. The lowest BCUT2D eigenvalue weighted by atomic mass is 10.2. The predicted octanol–water partition coefficient (Wildman–Crippen LogP) is 2.27. The molecule has 5 rings (SSSR count). The van der Waals surface area contributed by atoms with Gasteiger partial charge in [-0.3, -0.25) is 19.3 Å². The van der Waals surface area contributed by atoms with Gasteiger partial charge in [0.1, 0.15) is 23.4 Å². The minimum absolute atomic E-state index is 0.110. The van der Waals surface area contributed by atoms with Crippen LogP contribution in [-0.4, -0.2) is 36.0 Å². The Morgan fingerprint density at radius 2 is 2.25 bits per heavy atom. The third-order valence-corrected chi connectivity index (χ3v) is 5.66. The Kier molecular flexibility index (Phi) is 3.76. The topological polar surface area (TPSA) is 97.6 Å². The second kappa shape index (κ2) is 6.20. The van der Waals surface area contributed by atoms with Crippen molar-refractivity contribution in [2.45, 2.75) is 25.2 Å². The summed E-state index contributed by atoms with van der Waals surface area (Å²) in [6, 6.07) is 5.94. The number of carbonyl (C=O) groups excluding carboxylic acids is 1. The maximum atomic E-state index is 13.9. The number of H-pyrrole nitrogens is 1. The monoisotopic (exact) mass is 398 g/mol. The van der Waals surface area contributed by atoms with E-state index in [1.807, 2.05) is 6.92 Å². The highest BCUT2D eigenvalue weighted by Crippen LogP contribution is 2.30. The molecule has 1 aliphatic heterocycles. The van der Waals surface area contributed by atoms with E-state index >= 15 is 0 Å². The van der Waals surface area contributed by atoms with E-state index in [1.54, 1.807) is 21.3 Å². The fraction of sp³-hybridized carbons (Fsp3) is 0.222. The summed E-state index contributed by atoms with van der Waals surface area (Å²) in [5.41, 5.74) is 1.91. The van der Waals surface area contributed by atoms with Crippen LogP contribution in [0.25, 0.3) is 21.9 Å². The van der Waals surface area contributed by atoms with Gasteiger partial charge in [-0.1, -0.05) is 11.8 Å². The quantitative estimate of drug-likeness (QED) is 0.516. The first-order valence-corrected chi connectivity index (χ1v) is 9.67. The predicted molar refractivity (Wildman–Crippen MR) is 104 cm³/mol. The molecule has 2 N–H and O–H groups in total. The van der Waals surface area contributed by atoms with E-state index < -0.39 is 5.82 Å². The number of thioether (sulfide) groups is 1. The van der Waals surface area contributed by atoms with Gasteiger partial charge in [0.2, 0.25) is 5.91 Å².